The van der Waals surface area contributed by atoms with Gasteiger partial charge in [0.15, 0.2) is 0 Å². The number of rotatable bonds is 8. The lowest BCUT2D eigenvalue weighted by atomic mass is 10.6. The van der Waals surface area contributed by atoms with Crippen LogP contribution in [0.4, 0.5) is 0 Å². The van der Waals surface area contributed by atoms with E-state index in [1.54, 1.807) is 0 Å². The van der Waals surface area contributed by atoms with Crippen molar-refractivity contribution in [1.29, 1.82) is 0 Å². The molecule has 88 valence electrons. The van der Waals surface area contributed by atoms with Gasteiger partial charge in [-0.05, 0) is 0 Å². The maximum Gasteiger partial charge on any atom is 0.679 e. The zero-order valence-corrected chi connectivity index (χ0v) is 10.1. The van der Waals surface area contributed by atoms with Crippen LogP contribution in [0.2, 0.25) is 0 Å². The highest BCUT2D eigenvalue weighted by Gasteiger charge is 2.42. The van der Waals surface area contributed by atoms with Crippen LogP contribution < -0.4 is 0 Å². The van der Waals surface area contributed by atoms with E-state index in [-0.39, 0.29) is 13.2 Å². The van der Waals surface area contributed by atoms with Crippen LogP contribution in [0.1, 0.15) is 0 Å². The average Bonchev–Trinajstić information content (AvgIpc) is 2.30. The Morgan fingerprint density at radius 2 is 1.73 bits per heavy atom. The molecule has 0 fully saturated rings. The Balaban J connectivity index is 3.81. The van der Waals surface area contributed by atoms with Crippen molar-refractivity contribution in [3.63, 3.8) is 0 Å². The SMILES string of the molecule is C=CC(=O)OCCO[Si](OC)(OC)OC. The molecule has 15 heavy (non-hydrogen) atoms. The third kappa shape index (κ3) is 5.05. The van der Waals surface area contributed by atoms with E-state index >= 15 is 0 Å². The minimum absolute atomic E-state index is 0.0929. The van der Waals surface area contributed by atoms with Gasteiger partial charge in [-0.25, -0.2) is 4.79 Å². The molecule has 0 aromatic heterocycles. The van der Waals surface area contributed by atoms with Crippen LogP contribution in [-0.2, 0) is 27.2 Å². The Bertz CT molecular complexity index is 195. The second-order valence-electron chi connectivity index (χ2n) is 2.33. The zero-order chi connectivity index (χ0) is 11.7. The van der Waals surface area contributed by atoms with E-state index in [0.29, 0.717) is 0 Å². The van der Waals surface area contributed by atoms with Crippen molar-refractivity contribution >= 4 is 15.0 Å². The van der Waals surface area contributed by atoms with Crippen molar-refractivity contribution in [2.45, 2.75) is 0 Å². The minimum atomic E-state index is -3.02. The molecule has 7 heteroatoms. The van der Waals surface area contributed by atoms with Crippen molar-refractivity contribution in [1.82, 2.24) is 0 Å². The Morgan fingerprint density at radius 3 is 2.13 bits per heavy atom. The molecule has 6 nitrogen and oxygen atoms in total. The largest absolute Gasteiger partial charge is 0.679 e. The number of hydrogen-bond donors (Lipinski definition) is 0. The molecule has 0 rings (SSSR count). The van der Waals surface area contributed by atoms with E-state index in [9.17, 15) is 4.79 Å². The van der Waals surface area contributed by atoms with Crippen LogP contribution >= 0.6 is 0 Å². The van der Waals surface area contributed by atoms with Crippen molar-refractivity contribution in [2.75, 3.05) is 34.5 Å². The maximum atomic E-state index is 10.7. The summed E-state index contributed by atoms with van der Waals surface area (Å²) in [5.74, 6) is -0.502. The number of ether oxygens (including phenoxy) is 1. The molecule has 0 aromatic rings. The van der Waals surface area contributed by atoms with Crippen LogP contribution in [0.5, 0.6) is 0 Å². The number of hydrogen-bond acceptors (Lipinski definition) is 6. The van der Waals surface area contributed by atoms with E-state index in [1.165, 1.54) is 21.3 Å². The lowest BCUT2D eigenvalue weighted by molar-refractivity contribution is -0.139. The first-order valence-electron chi connectivity index (χ1n) is 4.22. The van der Waals surface area contributed by atoms with Gasteiger partial charge in [0.1, 0.15) is 6.61 Å². The van der Waals surface area contributed by atoms with Gasteiger partial charge in [-0.2, -0.15) is 0 Å². The number of carbonyl (C=O) groups is 1. The first-order chi connectivity index (χ1) is 7.14. The van der Waals surface area contributed by atoms with Crippen molar-refractivity contribution in [3.8, 4) is 0 Å². The molecule has 0 amide bonds. The Labute approximate surface area is 90.2 Å². The van der Waals surface area contributed by atoms with Crippen LogP contribution in [0.15, 0.2) is 12.7 Å². The molecule has 0 aliphatic carbocycles. The first kappa shape index (κ1) is 14.3. The predicted octanol–water partition coefficient (Wildman–Crippen LogP) is 0.107. The van der Waals surface area contributed by atoms with Crippen LogP contribution in [0.25, 0.3) is 0 Å². The predicted molar refractivity (Wildman–Crippen MR) is 53.9 cm³/mol. The summed E-state index contributed by atoms with van der Waals surface area (Å²) >= 11 is 0. The van der Waals surface area contributed by atoms with Crippen LogP contribution in [-0.4, -0.2) is 49.6 Å². The molecule has 0 radical (unpaired) electrons. The summed E-state index contributed by atoms with van der Waals surface area (Å²) in [5.41, 5.74) is 0. The molecule has 0 heterocycles. The van der Waals surface area contributed by atoms with Gasteiger partial charge >= 0.3 is 15.0 Å². The lowest BCUT2D eigenvalue weighted by Crippen LogP contribution is -2.47. The van der Waals surface area contributed by atoms with Gasteiger partial charge in [-0.1, -0.05) is 6.58 Å². The molecule has 0 saturated heterocycles. The second kappa shape index (κ2) is 7.54. The summed E-state index contributed by atoms with van der Waals surface area (Å²) in [4.78, 5) is 10.7. The van der Waals surface area contributed by atoms with Gasteiger partial charge in [0.2, 0.25) is 0 Å². The molecule has 0 aliphatic heterocycles. The molecule has 0 atom stereocenters. The van der Waals surface area contributed by atoms with Crippen molar-refractivity contribution in [2.24, 2.45) is 0 Å². The van der Waals surface area contributed by atoms with E-state index in [0.717, 1.165) is 6.08 Å². The molecule has 0 unspecified atom stereocenters. The van der Waals surface area contributed by atoms with E-state index in [2.05, 4.69) is 6.58 Å². The fourth-order valence-electron chi connectivity index (χ4n) is 0.795. The van der Waals surface area contributed by atoms with Crippen LogP contribution in [0.3, 0.4) is 0 Å². The van der Waals surface area contributed by atoms with E-state index in [1.807, 2.05) is 0 Å². The molecule has 0 aromatic carbocycles. The fourth-order valence-corrected chi connectivity index (χ4v) is 1.98. The molecule has 0 N–H and O–H groups in total. The summed E-state index contributed by atoms with van der Waals surface area (Å²) in [6.45, 7) is 3.49. The van der Waals surface area contributed by atoms with Crippen molar-refractivity contribution in [3.05, 3.63) is 12.7 Å². The maximum absolute atomic E-state index is 10.7. The summed E-state index contributed by atoms with van der Waals surface area (Å²) < 4.78 is 24.9. The van der Waals surface area contributed by atoms with Gasteiger partial charge in [0.25, 0.3) is 0 Å². The third-order valence-electron chi connectivity index (χ3n) is 1.52. The lowest BCUT2D eigenvalue weighted by Gasteiger charge is -2.22. The van der Waals surface area contributed by atoms with Gasteiger partial charge in [0.05, 0.1) is 6.61 Å². The highest BCUT2D eigenvalue weighted by molar-refractivity contribution is 6.53. The molecule has 0 spiro atoms. The van der Waals surface area contributed by atoms with Gasteiger partial charge in [0, 0.05) is 27.4 Å². The fraction of sp³-hybridized carbons (Fsp3) is 0.625. The average molecular weight is 236 g/mol. The standard InChI is InChI=1S/C8H16O6Si/c1-5-8(9)13-6-7-14-15(10-2,11-3)12-4/h5H,1,6-7H2,2-4H3. The quantitative estimate of drug-likeness (QED) is 0.258. The van der Waals surface area contributed by atoms with Gasteiger partial charge in [-0.3, -0.25) is 0 Å². The second-order valence-corrected chi connectivity index (χ2v) is 4.85. The normalized spacial score (nSPS) is 11.1. The number of carbonyl (C=O) groups excluding carboxylic acids is 1. The topological polar surface area (TPSA) is 63.2 Å². The monoisotopic (exact) mass is 236 g/mol. The molecular weight excluding hydrogens is 220 g/mol. The summed E-state index contributed by atoms with van der Waals surface area (Å²) in [6.07, 6.45) is 1.08. The summed E-state index contributed by atoms with van der Waals surface area (Å²) in [6, 6.07) is 0. The molecule has 0 aliphatic rings. The Hall–Kier alpha value is -0.733. The Kier molecular flexibility index (Phi) is 7.18. The summed E-state index contributed by atoms with van der Waals surface area (Å²) in [5, 5.41) is 0. The molecular formula is C8H16O6Si. The molecule has 0 saturated carbocycles. The van der Waals surface area contributed by atoms with Gasteiger partial charge < -0.3 is 22.4 Å². The summed E-state index contributed by atoms with van der Waals surface area (Å²) in [7, 11) is 1.26. The zero-order valence-electron chi connectivity index (χ0n) is 9.15. The Morgan fingerprint density at radius 1 is 1.20 bits per heavy atom. The first-order valence-corrected chi connectivity index (χ1v) is 5.86. The van der Waals surface area contributed by atoms with E-state index in [4.69, 9.17) is 22.4 Å². The van der Waals surface area contributed by atoms with Crippen LogP contribution in [0, 0.1) is 0 Å². The highest BCUT2D eigenvalue weighted by atomic mass is 28.4. The highest BCUT2D eigenvalue weighted by Crippen LogP contribution is 2.07. The molecule has 0 bridgehead atoms. The van der Waals surface area contributed by atoms with Crippen molar-refractivity contribution < 1.29 is 27.2 Å². The minimum Gasteiger partial charge on any atom is -0.460 e. The number of esters is 1. The third-order valence-corrected chi connectivity index (χ3v) is 3.58. The smallest absolute Gasteiger partial charge is 0.460 e. The van der Waals surface area contributed by atoms with E-state index < -0.39 is 15.0 Å². The van der Waals surface area contributed by atoms with Gasteiger partial charge in [-0.15, -0.1) is 0 Å².